The van der Waals surface area contributed by atoms with Crippen LogP contribution in [0.5, 0.6) is 0 Å². The van der Waals surface area contributed by atoms with Gasteiger partial charge in [0, 0.05) is 45.0 Å². The van der Waals surface area contributed by atoms with E-state index in [1.54, 1.807) is 13.4 Å². The fourth-order valence-electron chi connectivity index (χ4n) is 5.32. The van der Waals surface area contributed by atoms with E-state index in [9.17, 15) is 4.79 Å². The number of methoxy groups -OCH3 is 1. The van der Waals surface area contributed by atoms with Crippen LogP contribution in [0.2, 0.25) is 0 Å². The van der Waals surface area contributed by atoms with Crippen molar-refractivity contribution in [3.05, 3.63) is 24.7 Å². The van der Waals surface area contributed by atoms with Crippen LogP contribution in [0.3, 0.4) is 0 Å². The lowest BCUT2D eigenvalue weighted by atomic mass is 9.78. The molecule has 1 saturated heterocycles. The Bertz CT molecular complexity index is 861. The molecule has 28 heavy (non-hydrogen) atoms. The topological polar surface area (TPSA) is 71.8 Å². The summed E-state index contributed by atoms with van der Waals surface area (Å²) in [4.78, 5) is 19.9. The second-order valence-electron chi connectivity index (χ2n) is 8.79. The van der Waals surface area contributed by atoms with Gasteiger partial charge in [-0.25, -0.2) is 9.50 Å². The first kappa shape index (κ1) is 17.9. The highest BCUT2D eigenvalue weighted by Gasteiger charge is 2.53. The molecule has 1 amide bonds. The van der Waals surface area contributed by atoms with Gasteiger partial charge in [0.1, 0.15) is 11.8 Å². The van der Waals surface area contributed by atoms with Crippen molar-refractivity contribution in [2.45, 2.75) is 44.6 Å². The molecule has 7 heteroatoms. The molecule has 1 N–H and O–H groups in total. The summed E-state index contributed by atoms with van der Waals surface area (Å²) in [6, 6.07) is 4.39. The van der Waals surface area contributed by atoms with Crippen molar-refractivity contribution in [1.29, 1.82) is 0 Å². The number of rotatable bonds is 6. The maximum absolute atomic E-state index is 13.2. The van der Waals surface area contributed by atoms with E-state index in [4.69, 9.17) is 4.74 Å². The van der Waals surface area contributed by atoms with Crippen molar-refractivity contribution in [3.63, 3.8) is 0 Å². The maximum atomic E-state index is 13.2. The summed E-state index contributed by atoms with van der Waals surface area (Å²) in [5, 5.41) is 7.96. The fraction of sp³-hybridized carbons (Fsp3) is 0.667. The normalized spacial score (nSPS) is 28.3. The Kier molecular flexibility index (Phi) is 4.50. The van der Waals surface area contributed by atoms with Gasteiger partial charge in [-0.3, -0.25) is 4.79 Å². The number of hydrogen-bond donors (Lipinski definition) is 1. The number of nitrogens with zero attached hydrogens (tertiary/aromatic N) is 4. The van der Waals surface area contributed by atoms with E-state index in [1.165, 1.54) is 12.8 Å². The smallest absolute Gasteiger partial charge is 0.228 e. The van der Waals surface area contributed by atoms with Crippen LogP contribution in [0.1, 0.15) is 38.5 Å². The van der Waals surface area contributed by atoms with Crippen molar-refractivity contribution in [2.24, 2.45) is 17.3 Å². The van der Waals surface area contributed by atoms with Crippen LogP contribution >= 0.6 is 0 Å². The van der Waals surface area contributed by atoms with E-state index < -0.39 is 0 Å². The third kappa shape index (κ3) is 3.05. The monoisotopic (exact) mass is 383 g/mol. The summed E-state index contributed by atoms with van der Waals surface area (Å²) < 4.78 is 7.10. The Balaban J connectivity index is 1.30. The molecule has 0 bridgehead atoms. The average Bonchev–Trinajstić information content (AvgIpc) is 3.14. The van der Waals surface area contributed by atoms with E-state index in [0.29, 0.717) is 30.4 Å². The molecule has 1 aliphatic heterocycles. The minimum absolute atomic E-state index is 0.128. The number of fused-ring (bicyclic) bond motifs is 2. The van der Waals surface area contributed by atoms with Crippen LogP contribution in [0.25, 0.3) is 5.52 Å². The average molecular weight is 383 g/mol. The molecule has 3 fully saturated rings. The third-order valence-corrected chi connectivity index (χ3v) is 7.13. The number of carbonyl (C=O) groups is 1. The van der Waals surface area contributed by atoms with Gasteiger partial charge in [-0.1, -0.05) is 6.42 Å². The number of carbonyl (C=O) groups excluding carboxylic acids is 1. The first-order chi connectivity index (χ1) is 13.7. The van der Waals surface area contributed by atoms with E-state index in [2.05, 4.69) is 20.3 Å². The van der Waals surface area contributed by atoms with Crippen molar-refractivity contribution < 1.29 is 9.53 Å². The van der Waals surface area contributed by atoms with Crippen LogP contribution in [-0.4, -0.2) is 58.3 Å². The highest BCUT2D eigenvalue weighted by atomic mass is 16.5. The molecule has 0 radical (unpaired) electrons. The van der Waals surface area contributed by atoms with Crippen LogP contribution in [0.15, 0.2) is 24.7 Å². The van der Waals surface area contributed by atoms with E-state index >= 15 is 0 Å². The number of nitrogens with one attached hydrogen (secondary N) is 1. The first-order valence-electron chi connectivity index (χ1n) is 10.5. The van der Waals surface area contributed by atoms with Gasteiger partial charge in [-0.05, 0) is 50.2 Å². The Morgan fingerprint density at radius 2 is 2.25 bits per heavy atom. The van der Waals surface area contributed by atoms with Gasteiger partial charge in [0.25, 0.3) is 0 Å². The van der Waals surface area contributed by atoms with Gasteiger partial charge >= 0.3 is 0 Å². The summed E-state index contributed by atoms with van der Waals surface area (Å²) >= 11 is 0. The van der Waals surface area contributed by atoms with Gasteiger partial charge in [0.05, 0.1) is 5.41 Å². The molecule has 2 saturated carbocycles. The number of ether oxygens (including phenoxy) is 1. The molecule has 2 aliphatic carbocycles. The van der Waals surface area contributed by atoms with Gasteiger partial charge in [0.15, 0.2) is 5.82 Å². The van der Waals surface area contributed by atoms with Crippen LogP contribution in [-0.2, 0) is 9.53 Å². The molecule has 3 atom stereocenters. The van der Waals surface area contributed by atoms with Gasteiger partial charge in [0.2, 0.25) is 5.91 Å². The van der Waals surface area contributed by atoms with E-state index in [1.807, 2.05) is 22.8 Å². The molecule has 2 aromatic rings. The molecule has 150 valence electrons. The molecule has 5 rings (SSSR count). The lowest BCUT2D eigenvalue weighted by Gasteiger charge is -2.33. The minimum Gasteiger partial charge on any atom is -0.385 e. The van der Waals surface area contributed by atoms with Gasteiger partial charge < -0.3 is 15.0 Å². The van der Waals surface area contributed by atoms with E-state index in [0.717, 1.165) is 50.1 Å². The number of amides is 1. The Labute approximate surface area is 165 Å². The van der Waals surface area contributed by atoms with Crippen molar-refractivity contribution in [2.75, 3.05) is 32.1 Å². The summed E-state index contributed by atoms with van der Waals surface area (Å²) in [7, 11) is 1.72. The van der Waals surface area contributed by atoms with Crippen molar-refractivity contribution in [1.82, 2.24) is 19.5 Å². The molecular weight excluding hydrogens is 354 g/mol. The highest BCUT2D eigenvalue weighted by Crippen LogP contribution is 2.51. The largest absolute Gasteiger partial charge is 0.385 e. The predicted molar refractivity (Wildman–Crippen MR) is 106 cm³/mol. The Morgan fingerprint density at radius 1 is 1.36 bits per heavy atom. The first-order valence-corrected chi connectivity index (χ1v) is 10.5. The standard InChI is InChI=1S/C21H29N5O2/c1-28-11-9-21(7-8-21)20(27)25-12-15-4-2-5-17(16(15)13-25)24-19-18-6-3-10-26(18)23-14-22-19/h3,6,10,14-17H,2,4-5,7-9,11-13H2,1H3,(H,22,23,24). The van der Waals surface area contributed by atoms with Crippen LogP contribution in [0.4, 0.5) is 5.82 Å². The molecule has 3 unspecified atom stereocenters. The minimum atomic E-state index is -0.128. The lowest BCUT2D eigenvalue weighted by molar-refractivity contribution is -0.136. The fourth-order valence-corrected chi connectivity index (χ4v) is 5.32. The molecule has 0 spiro atoms. The second kappa shape index (κ2) is 7.03. The van der Waals surface area contributed by atoms with Crippen LogP contribution < -0.4 is 5.32 Å². The molecule has 7 nitrogen and oxygen atoms in total. The quantitative estimate of drug-likeness (QED) is 0.830. The lowest BCUT2D eigenvalue weighted by Crippen LogP contribution is -2.39. The predicted octanol–water partition coefficient (Wildman–Crippen LogP) is 2.58. The van der Waals surface area contributed by atoms with Crippen molar-refractivity contribution >= 4 is 17.2 Å². The zero-order valence-corrected chi connectivity index (χ0v) is 16.5. The third-order valence-electron chi connectivity index (χ3n) is 7.13. The number of anilines is 1. The zero-order chi connectivity index (χ0) is 19.1. The number of aromatic nitrogens is 3. The van der Waals surface area contributed by atoms with E-state index in [-0.39, 0.29) is 5.41 Å². The molecule has 0 aromatic carbocycles. The van der Waals surface area contributed by atoms with Gasteiger partial charge in [-0.2, -0.15) is 5.10 Å². The summed E-state index contributed by atoms with van der Waals surface area (Å²) in [5.41, 5.74) is 0.879. The Hall–Kier alpha value is -2.15. The number of hydrogen-bond acceptors (Lipinski definition) is 5. The molecule has 3 aliphatic rings. The SMILES string of the molecule is COCCC1(C(=O)N2CC3CCCC(Nc4ncnn5cccc45)C3C2)CC1. The van der Waals surface area contributed by atoms with Gasteiger partial charge in [-0.15, -0.1) is 0 Å². The molecule has 3 heterocycles. The van der Waals surface area contributed by atoms with Crippen molar-refractivity contribution in [3.8, 4) is 0 Å². The summed E-state index contributed by atoms with van der Waals surface area (Å²) in [6.07, 6.45) is 10.0. The maximum Gasteiger partial charge on any atom is 0.228 e. The Morgan fingerprint density at radius 3 is 3.07 bits per heavy atom. The summed E-state index contributed by atoms with van der Waals surface area (Å²) in [5.74, 6) is 2.36. The molecule has 2 aromatic heterocycles. The summed E-state index contributed by atoms with van der Waals surface area (Å²) in [6.45, 7) is 2.47. The molecular formula is C21H29N5O2. The number of likely N-dealkylation sites (tertiary alicyclic amines) is 1. The highest BCUT2D eigenvalue weighted by molar-refractivity contribution is 5.85. The second-order valence-corrected chi connectivity index (χ2v) is 8.79. The zero-order valence-electron chi connectivity index (χ0n) is 16.5. The van der Waals surface area contributed by atoms with Crippen LogP contribution in [0, 0.1) is 17.3 Å².